The SMILES string of the molecule is CCCc1ccc(Nc2ccc(C(=O)O)nn2)cc1. The van der Waals surface area contributed by atoms with Gasteiger partial charge in [-0.2, -0.15) is 0 Å². The average Bonchev–Trinajstić information content (AvgIpc) is 2.42. The Bertz CT molecular complexity index is 550. The Morgan fingerprint density at radius 2 is 1.89 bits per heavy atom. The minimum atomic E-state index is -1.08. The Morgan fingerprint density at radius 1 is 1.16 bits per heavy atom. The molecular weight excluding hydrogens is 242 g/mol. The molecule has 0 fully saturated rings. The van der Waals surface area contributed by atoms with E-state index in [1.54, 1.807) is 6.07 Å². The zero-order chi connectivity index (χ0) is 13.7. The Balaban J connectivity index is 2.06. The van der Waals surface area contributed by atoms with Crippen LogP contribution in [-0.2, 0) is 6.42 Å². The Labute approximate surface area is 111 Å². The summed E-state index contributed by atoms with van der Waals surface area (Å²) in [5.41, 5.74) is 2.13. The van der Waals surface area contributed by atoms with Gasteiger partial charge in [-0.1, -0.05) is 25.5 Å². The highest BCUT2D eigenvalue weighted by Crippen LogP contribution is 2.15. The number of carbonyl (C=O) groups is 1. The third kappa shape index (κ3) is 3.51. The van der Waals surface area contributed by atoms with E-state index in [1.165, 1.54) is 11.6 Å². The monoisotopic (exact) mass is 257 g/mol. The minimum absolute atomic E-state index is 0.0659. The van der Waals surface area contributed by atoms with Crippen molar-refractivity contribution in [2.24, 2.45) is 0 Å². The Morgan fingerprint density at radius 3 is 2.42 bits per heavy atom. The zero-order valence-corrected chi connectivity index (χ0v) is 10.6. The third-order valence-electron chi connectivity index (χ3n) is 2.65. The van der Waals surface area contributed by atoms with Crippen LogP contribution < -0.4 is 5.32 Å². The summed E-state index contributed by atoms with van der Waals surface area (Å²) in [6, 6.07) is 11.1. The lowest BCUT2D eigenvalue weighted by atomic mass is 10.1. The van der Waals surface area contributed by atoms with Gasteiger partial charge in [0.05, 0.1) is 0 Å². The van der Waals surface area contributed by atoms with Gasteiger partial charge in [0, 0.05) is 5.69 Å². The molecule has 2 aromatic rings. The first-order valence-corrected chi connectivity index (χ1v) is 6.12. The van der Waals surface area contributed by atoms with Gasteiger partial charge in [-0.15, -0.1) is 10.2 Å². The molecule has 0 unspecified atom stereocenters. The lowest BCUT2D eigenvalue weighted by Gasteiger charge is -2.06. The first-order valence-electron chi connectivity index (χ1n) is 6.12. The van der Waals surface area contributed by atoms with E-state index < -0.39 is 5.97 Å². The largest absolute Gasteiger partial charge is 0.476 e. The van der Waals surface area contributed by atoms with Crippen LogP contribution in [0.25, 0.3) is 0 Å². The summed E-state index contributed by atoms with van der Waals surface area (Å²) in [6.45, 7) is 2.14. The van der Waals surface area contributed by atoms with Crippen LogP contribution >= 0.6 is 0 Å². The second kappa shape index (κ2) is 5.95. The number of carboxylic acids is 1. The van der Waals surface area contributed by atoms with Crippen molar-refractivity contribution in [3.8, 4) is 0 Å². The molecule has 1 heterocycles. The fraction of sp³-hybridized carbons (Fsp3) is 0.214. The maximum absolute atomic E-state index is 10.6. The second-order valence-electron chi connectivity index (χ2n) is 4.18. The summed E-state index contributed by atoms with van der Waals surface area (Å²) in [6.07, 6.45) is 2.18. The fourth-order valence-electron chi connectivity index (χ4n) is 1.70. The molecule has 2 rings (SSSR count). The second-order valence-corrected chi connectivity index (χ2v) is 4.18. The average molecular weight is 257 g/mol. The molecule has 98 valence electrons. The van der Waals surface area contributed by atoms with Gasteiger partial charge in [0.1, 0.15) is 0 Å². The topological polar surface area (TPSA) is 75.1 Å². The molecule has 0 bridgehead atoms. The number of anilines is 2. The van der Waals surface area contributed by atoms with E-state index in [0.29, 0.717) is 5.82 Å². The maximum atomic E-state index is 10.6. The van der Waals surface area contributed by atoms with Crippen LogP contribution in [0.15, 0.2) is 36.4 Å². The van der Waals surface area contributed by atoms with Crippen molar-refractivity contribution in [1.82, 2.24) is 10.2 Å². The molecule has 0 amide bonds. The molecule has 19 heavy (non-hydrogen) atoms. The number of hydrogen-bond donors (Lipinski definition) is 2. The van der Waals surface area contributed by atoms with E-state index in [0.717, 1.165) is 18.5 Å². The first-order chi connectivity index (χ1) is 9.19. The fourth-order valence-corrected chi connectivity index (χ4v) is 1.70. The summed E-state index contributed by atoms with van der Waals surface area (Å²) in [5.74, 6) is -0.559. The van der Waals surface area contributed by atoms with E-state index in [9.17, 15) is 4.79 Å². The molecule has 0 saturated carbocycles. The van der Waals surface area contributed by atoms with Crippen molar-refractivity contribution in [1.29, 1.82) is 0 Å². The molecule has 1 aromatic carbocycles. The van der Waals surface area contributed by atoms with Crippen molar-refractivity contribution in [3.05, 3.63) is 47.7 Å². The maximum Gasteiger partial charge on any atom is 0.356 e. The van der Waals surface area contributed by atoms with Gasteiger partial charge >= 0.3 is 5.97 Å². The lowest BCUT2D eigenvalue weighted by molar-refractivity contribution is 0.0689. The van der Waals surface area contributed by atoms with Crippen molar-refractivity contribution in [2.75, 3.05) is 5.32 Å². The number of aromatic nitrogens is 2. The van der Waals surface area contributed by atoms with Crippen molar-refractivity contribution in [3.63, 3.8) is 0 Å². The molecule has 5 heteroatoms. The van der Waals surface area contributed by atoms with Crippen molar-refractivity contribution in [2.45, 2.75) is 19.8 Å². The number of nitrogens with zero attached hydrogens (tertiary/aromatic N) is 2. The first kappa shape index (κ1) is 13.0. The van der Waals surface area contributed by atoms with E-state index in [-0.39, 0.29) is 5.69 Å². The van der Waals surface area contributed by atoms with Gasteiger partial charge in [0.2, 0.25) is 0 Å². The number of aryl methyl sites for hydroxylation is 1. The van der Waals surface area contributed by atoms with Crippen LogP contribution in [0, 0.1) is 0 Å². The van der Waals surface area contributed by atoms with Gasteiger partial charge < -0.3 is 10.4 Å². The third-order valence-corrected chi connectivity index (χ3v) is 2.65. The van der Waals surface area contributed by atoms with Crippen LogP contribution in [0.1, 0.15) is 29.4 Å². The molecular formula is C14H15N3O2. The van der Waals surface area contributed by atoms with Crippen LogP contribution in [0.3, 0.4) is 0 Å². The predicted molar refractivity (Wildman–Crippen MR) is 72.7 cm³/mol. The van der Waals surface area contributed by atoms with Crippen LogP contribution in [0.5, 0.6) is 0 Å². The van der Waals surface area contributed by atoms with E-state index in [2.05, 4.69) is 34.6 Å². The van der Waals surface area contributed by atoms with Crippen LogP contribution in [0.4, 0.5) is 11.5 Å². The molecule has 0 radical (unpaired) electrons. The molecule has 0 aliphatic carbocycles. The molecule has 5 nitrogen and oxygen atoms in total. The number of hydrogen-bond acceptors (Lipinski definition) is 4. The van der Waals surface area contributed by atoms with Gasteiger partial charge in [0.15, 0.2) is 11.5 Å². The van der Waals surface area contributed by atoms with Gasteiger partial charge in [0.25, 0.3) is 0 Å². The van der Waals surface area contributed by atoms with Gasteiger partial charge in [-0.3, -0.25) is 0 Å². The van der Waals surface area contributed by atoms with E-state index in [4.69, 9.17) is 5.11 Å². The molecule has 2 N–H and O–H groups in total. The summed E-state index contributed by atoms with van der Waals surface area (Å²) in [5, 5.41) is 19.2. The number of aromatic carboxylic acids is 1. The summed E-state index contributed by atoms with van der Waals surface area (Å²) >= 11 is 0. The summed E-state index contributed by atoms with van der Waals surface area (Å²) in [4.78, 5) is 10.6. The number of rotatable bonds is 5. The standard InChI is InChI=1S/C14H15N3O2/c1-2-3-10-4-6-11(7-5-10)15-13-9-8-12(14(18)19)16-17-13/h4-9H,2-3H2,1H3,(H,15,17)(H,18,19). The quantitative estimate of drug-likeness (QED) is 0.861. The van der Waals surface area contributed by atoms with Crippen molar-refractivity contribution >= 4 is 17.5 Å². The van der Waals surface area contributed by atoms with Gasteiger partial charge in [-0.05, 0) is 36.2 Å². The zero-order valence-electron chi connectivity index (χ0n) is 10.6. The Kier molecular flexibility index (Phi) is 4.07. The lowest BCUT2D eigenvalue weighted by Crippen LogP contribution is -2.03. The highest BCUT2D eigenvalue weighted by molar-refractivity contribution is 5.85. The Hall–Kier alpha value is -2.43. The molecule has 0 saturated heterocycles. The number of benzene rings is 1. The summed E-state index contributed by atoms with van der Waals surface area (Å²) in [7, 11) is 0. The van der Waals surface area contributed by atoms with Crippen molar-refractivity contribution < 1.29 is 9.90 Å². The smallest absolute Gasteiger partial charge is 0.356 e. The molecule has 0 aliphatic heterocycles. The molecule has 1 aromatic heterocycles. The van der Waals surface area contributed by atoms with Crippen LogP contribution in [0.2, 0.25) is 0 Å². The van der Waals surface area contributed by atoms with Crippen LogP contribution in [-0.4, -0.2) is 21.3 Å². The molecule has 0 aliphatic rings. The highest BCUT2D eigenvalue weighted by Gasteiger charge is 2.05. The van der Waals surface area contributed by atoms with Gasteiger partial charge in [-0.25, -0.2) is 4.79 Å². The van der Waals surface area contributed by atoms with E-state index in [1.807, 2.05) is 12.1 Å². The number of nitrogens with one attached hydrogen (secondary N) is 1. The molecule has 0 spiro atoms. The number of carboxylic acid groups (broad SMARTS) is 1. The highest BCUT2D eigenvalue weighted by atomic mass is 16.4. The predicted octanol–water partition coefficient (Wildman–Crippen LogP) is 2.87. The minimum Gasteiger partial charge on any atom is -0.476 e. The normalized spacial score (nSPS) is 10.2. The molecule has 0 atom stereocenters. The summed E-state index contributed by atoms with van der Waals surface area (Å²) < 4.78 is 0. The van der Waals surface area contributed by atoms with E-state index >= 15 is 0 Å².